The van der Waals surface area contributed by atoms with Gasteiger partial charge in [0.05, 0.1) is 11.1 Å². The van der Waals surface area contributed by atoms with Crippen molar-refractivity contribution in [2.24, 2.45) is 0 Å². The first-order valence-corrected chi connectivity index (χ1v) is 9.55. The molecule has 0 aliphatic carbocycles. The third-order valence-corrected chi connectivity index (χ3v) is 5.13. The average Bonchev–Trinajstić information content (AvgIpc) is 2.74. The van der Waals surface area contributed by atoms with Crippen LogP contribution < -0.4 is 10.2 Å². The summed E-state index contributed by atoms with van der Waals surface area (Å²) >= 11 is 0. The number of nitrogens with one attached hydrogen (secondary N) is 1. The molecule has 0 spiro atoms. The summed E-state index contributed by atoms with van der Waals surface area (Å²) < 4.78 is 13.1. The lowest BCUT2D eigenvalue weighted by atomic mass is 10.1. The molecule has 28 heavy (non-hydrogen) atoms. The molecule has 1 aliphatic heterocycles. The largest absolute Gasteiger partial charge is 0.369 e. The fourth-order valence-corrected chi connectivity index (χ4v) is 3.51. The number of carbonyl (C=O) groups excluding carboxylic acids is 1. The van der Waals surface area contributed by atoms with Crippen LogP contribution in [0.3, 0.4) is 0 Å². The Labute approximate surface area is 163 Å². The molecule has 1 amide bonds. The van der Waals surface area contributed by atoms with Crippen LogP contribution in [0, 0.1) is 5.82 Å². The molecule has 0 saturated carbocycles. The zero-order valence-corrected chi connectivity index (χ0v) is 15.6. The Hall–Kier alpha value is -2.99. The lowest BCUT2D eigenvalue weighted by Gasteiger charge is -2.36. The molecule has 1 N–H and O–H groups in total. The van der Waals surface area contributed by atoms with Crippen LogP contribution in [0.25, 0.3) is 10.9 Å². The number of pyridine rings is 1. The first-order valence-electron chi connectivity index (χ1n) is 9.55. The molecule has 144 valence electrons. The van der Waals surface area contributed by atoms with Crippen molar-refractivity contribution in [3.8, 4) is 0 Å². The molecule has 4 rings (SSSR count). The van der Waals surface area contributed by atoms with E-state index in [4.69, 9.17) is 0 Å². The van der Waals surface area contributed by atoms with Gasteiger partial charge in [0, 0.05) is 56.5 Å². The van der Waals surface area contributed by atoms with Gasteiger partial charge < -0.3 is 10.2 Å². The zero-order valence-electron chi connectivity index (χ0n) is 15.6. The molecule has 0 bridgehead atoms. The van der Waals surface area contributed by atoms with Crippen molar-refractivity contribution in [3.05, 3.63) is 72.2 Å². The van der Waals surface area contributed by atoms with E-state index in [0.29, 0.717) is 12.1 Å². The number of amides is 1. The standard InChI is InChI=1S/C22H23FN4O/c23-19-5-7-20(8-6-19)27-13-11-26(12-14-27)10-9-24-22(28)18-15-17-3-1-2-4-21(17)25-16-18/h1-8,15-16H,9-14H2,(H,24,28). The Morgan fingerprint density at radius 1 is 1.04 bits per heavy atom. The number of halogens is 1. The van der Waals surface area contributed by atoms with E-state index in [1.54, 1.807) is 6.20 Å². The molecule has 0 radical (unpaired) electrons. The maximum atomic E-state index is 13.1. The van der Waals surface area contributed by atoms with Crippen molar-refractivity contribution >= 4 is 22.5 Å². The second-order valence-corrected chi connectivity index (χ2v) is 6.98. The average molecular weight is 378 g/mol. The van der Waals surface area contributed by atoms with Crippen molar-refractivity contribution < 1.29 is 9.18 Å². The molecule has 5 nitrogen and oxygen atoms in total. The second-order valence-electron chi connectivity index (χ2n) is 6.98. The van der Waals surface area contributed by atoms with Gasteiger partial charge >= 0.3 is 0 Å². The van der Waals surface area contributed by atoms with Crippen LogP contribution in [0.2, 0.25) is 0 Å². The number of rotatable bonds is 5. The highest BCUT2D eigenvalue weighted by molar-refractivity contribution is 5.97. The fourth-order valence-electron chi connectivity index (χ4n) is 3.51. The molecule has 1 saturated heterocycles. The Balaban J connectivity index is 1.24. The lowest BCUT2D eigenvalue weighted by molar-refractivity contribution is 0.0947. The molecule has 0 unspecified atom stereocenters. The minimum atomic E-state index is -0.209. The normalized spacial score (nSPS) is 15.0. The van der Waals surface area contributed by atoms with Gasteiger partial charge in [-0.2, -0.15) is 0 Å². The molecular weight excluding hydrogens is 355 g/mol. The predicted octanol–water partition coefficient (Wildman–Crippen LogP) is 2.93. The van der Waals surface area contributed by atoms with Crippen molar-refractivity contribution in [1.82, 2.24) is 15.2 Å². The van der Waals surface area contributed by atoms with E-state index >= 15 is 0 Å². The van der Waals surface area contributed by atoms with Crippen LogP contribution in [0.5, 0.6) is 0 Å². The zero-order chi connectivity index (χ0) is 19.3. The van der Waals surface area contributed by atoms with Gasteiger partial charge in [0.2, 0.25) is 0 Å². The van der Waals surface area contributed by atoms with E-state index in [1.165, 1.54) is 12.1 Å². The van der Waals surface area contributed by atoms with E-state index in [0.717, 1.165) is 49.3 Å². The van der Waals surface area contributed by atoms with E-state index < -0.39 is 0 Å². The van der Waals surface area contributed by atoms with Gasteiger partial charge in [-0.15, -0.1) is 0 Å². The smallest absolute Gasteiger partial charge is 0.252 e. The van der Waals surface area contributed by atoms with E-state index in [2.05, 4.69) is 20.1 Å². The number of nitrogens with zero attached hydrogens (tertiary/aromatic N) is 3. The van der Waals surface area contributed by atoms with Gasteiger partial charge in [-0.1, -0.05) is 18.2 Å². The maximum absolute atomic E-state index is 13.1. The van der Waals surface area contributed by atoms with Gasteiger partial charge in [0.25, 0.3) is 5.91 Å². The summed E-state index contributed by atoms with van der Waals surface area (Å²) in [6.07, 6.45) is 1.62. The van der Waals surface area contributed by atoms with E-state index in [1.807, 2.05) is 42.5 Å². The Morgan fingerprint density at radius 3 is 2.57 bits per heavy atom. The number of benzene rings is 2. The molecule has 2 aromatic carbocycles. The third-order valence-electron chi connectivity index (χ3n) is 5.13. The highest BCUT2D eigenvalue weighted by Crippen LogP contribution is 2.17. The van der Waals surface area contributed by atoms with Crippen molar-refractivity contribution in [1.29, 1.82) is 0 Å². The van der Waals surface area contributed by atoms with Crippen LogP contribution >= 0.6 is 0 Å². The number of para-hydroxylation sites is 1. The number of hydrogen-bond acceptors (Lipinski definition) is 4. The van der Waals surface area contributed by atoms with Crippen molar-refractivity contribution in [2.45, 2.75) is 0 Å². The van der Waals surface area contributed by atoms with Gasteiger partial charge in [0.15, 0.2) is 0 Å². The molecule has 1 aliphatic rings. The molecule has 1 aromatic heterocycles. The maximum Gasteiger partial charge on any atom is 0.252 e. The minimum Gasteiger partial charge on any atom is -0.369 e. The molecule has 6 heteroatoms. The SMILES string of the molecule is O=C(NCCN1CCN(c2ccc(F)cc2)CC1)c1cnc2ccccc2c1. The Morgan fingerprint density at radius 2 is 1.79 bits per heavy atom. The van der Waals surface area contributed by atoms with Crippen LogP contribution in [-0.2, 0) is 0 Å². The lowest BCUT2D eigenvalue weighted by Crippen LogP contribution is -2.48. The van der Waals surface area contributed by atoms with Gasteiger partial charge in [0.1, 0.15) is 5.82 Å². The second kappa shape index (κ2) is 8.35. The molecule has 2 heterocycles. The minimum absolute atomic E-state index is 0.0943. The summed E-state index contributed by atoms with van der Waals surface area (Å²) in [5.41, 5.74) is 2.52. The number of carbonyl (C=O) groups is 1. The number of piperazine rings is 1. The molecule has 3 aromatic rings. The topological polar surface area (TPSA) is 48.5 Å². The molecular formula is C22H23FN4O. The molecule has 0 atom stereocenters. The van der Waals surface area contributed by atoms with Crippen LogP contribution in [0.15, 0.2) is 60.8 Å². The monoisotopic (exact) mass is 378 g/mol. The fraction of sp³-hybridized carbons (Fsp3) is 0.273. The first-order chi connectivity index (χ1) is 13.7. The van der Waals surface area contributed by atoms with Gasteiger partial charge in [-0.3, -0.25) is 14.7 Å². The van der Waals surface area contributed by atoms with Gasteiger partial charge in [-0.05, 0) is 36.4 Å². The summed E-state index contributed by atoms with van der Waals surface area (Å²) in [7, 11) is 0. The Kier molecular flexibility index (Phi) is 5.48. The summed E-state index contributed by atoms with van der Waals surface area (Å²) in [5.74, 6) is -0.303. The molecule has 1 fully saturated rings. The van der Waals surface area contributed by atoms with E-state index in [-0.39, 0.29) is 11.7 Å². The summed E-state index contributed by atoms with van der Waals surface area (Å²) in [6.45, 7) is 5.05. The van der Waals surface area contributed by atoms with Crippen molar-refractivity contribution in [2.75, 3.05) is 44.2 Å². The van der Waals surface area contributed by atoms with Crippen LogP contribution in [0.4, 0.5) is 10.1 Å². The van der Waals surface area contributed by atoms with E-state index in [9.17, 15) is 9.18 Å². The number of anilines is 1. The summed E-state index contributed by atoms with van der Waals surface area (Å²) in [5, 5.41) is 3.95. The number of hydrogen-bond donors (Lipinski definition) is 1. The quantitative estimate of drug-likeness (QED) is 0.742. The van der Waals surface area contributed by atoms with Crippen LogP contribution in [-0.4, -0.2) is 55.1 Å². The summed E-state index contributed by atoms with van der Waals surface area (Å²) in [4.78, 5) is 21.3. The van der Waals surface area contributed by atoms with Gasteiger partial charge in [-0.25, -0.2) is 4.39 Å². The van der Waals surface area contributed by atoms with Crippen molar-refractivity contribution in [3.63, 3.8) is 0 Å². The Bertz CT molecular complexity index is 952. The number of aromatic nitrogens is 1. The highest BCUT2D eigenvalue weighted by atomic mass is 19.1. The first kappa shape index (κ1) is 18.4. The highest BCUT2D eigenvalue weighted by Gasteiger charge is 2.17. The third kappa shape index (κ3) is 4.28. The predicted molar refractivity (Wildman–Crippen MR) is 109 cm³/mol. The number of fused-ring (bicyclic) bond motifs is 1. The van der Waals surface area contributed by atoms with Crippen LogP contribution in [0.1, 0.15) is 10.4 Å². The summed E-state index contributed by atoms with van der Waals surface area (Å²) in [6, 6.07) is 16.3.